The van der Waals surface area contributed by atoms with Crippen LogP contribution in [0.15, 0.2) is 30.4 Å². The van der Waals surface area contributed by atoms with E-state index < -0.39 is 12.1 Å². The Morgan fingerprint density at radius 3 is 2.58 bits per heavy atom. The van der Waals surface area contributed by atoms with E-state index in [0.29, 0.717) is 5.75 Å². The molecule has 104 valence electrons. The maximum Gasteiger partial charge on any atom is 0.330 e. The van der Waals surface area contributed by atoms with Crippen molar-refractivity contribution >= 4 is 5.97 Å². The van der Waals surface area contributed by atoms with Crippen LogP contribution in [-0.4, -0.2) is 31.4 Å². The van der Waals surface area contributed by atoms with Crippen LogP contribution in [0.4, 0.5) is 0 Å². The number of aliphatic hydroxyl groups excluding tert-OH is 1. The lowest BCUT2D eigenvalue weighted by Crippen LogP contribution is -2.14. The summed E-state index contributed by atoms with van der Waals surface area (Å²) in [5, 5.41) is 9.90. The standard InChI is InChI=1S/C15H20O4/c1-10-5-7-14(18-3)13(9-10)12(11(2)16)6-8-15(17)19-4/h5-9,11-12,16H,1-4H3/b8-6+/t11-,12+/m0/s1. The topological polar surface area (TPSA) is 55.8 Å². The molecule has 0 aliphatic heterocycles. The second kappa shape index (κ2) is 6.95. The Morgan fingerprint density at radius 2 is 2.05 bits per heavy atom. The lowest BCUT2D eigenvalue weighted by atomic mass is 9.91. The first-order chi connectivity index (χ1) is 8.99. The summed E-state index contributed by atoms with van der Waals surface area (Å²) in [7, 11) is 2.90. The summed E-state index contributed by atoms with van der Waals surface area (Å²) in [6.07, 6.45) is 2.31. The highest BCUT2D eigenvalue weighted by Crippen LogP contribution is 2.31. The summed E-state index contributed by atoms with van der Waals surface area (Å²) in [6.45, 7) is 3.64. The van der Waals surface area contributed by atoms with Gasteiger partial charge in [0, 0.05) is 17.6 Å². The molecule has 0 aliphatic rings. The third-order valence-corrected chi connectivity index (χ3v) is 2.90. The third kappa shape index (κ3) is 4.10. The van der Waals surface area contributed by atoms with Crippen LogP contribution in [0.3, 0.4) is 0 Å². The molecule has 0 saturated heterocycles. The van der Waals surface area contributed by atoms with E-state index >= 15 is 0 Å². The molecule has 0 aliphatic carbocycles. The molecule has 0 unspecified atom stereocenters. The number of carbonyl (C=O) groups excluding carboxylic acids is 1. The molecule has 0 amide bonds. The summed E-state index contributed by atoms with van der Waals surface area (Å²) >= 11 is 0. The molecule has 0 fully saturated rings. The van der Waals surface area contributed by atoms with Gasteiger partial charge in [0.1, 0.15) is 5.75 Å². The number of aryl methyl sites for hydroxylation is 1. The fourth-order valence-electron chi connectivity index (χ4n) is 1.89. The van der Waals surface area contributed by atoms with Gasteiger partial charge < -0.3 is 14.6 Å². The van der Waals surface area contributed by atoms with Crippen molar-refractivity contribution in [3.63, 3.8) is 0 Å². The quantitative estimate of drug-likeness (QED) is 0.654. The van der Waals surface area contributed by atoms with Crippen molar-refractivity contribution in [2.75, 3.05) is 14.2 Å². The summed E-state index contributed by atoms with van der Waals surface area (Å²) in [4.78, 5) is 11.2. The average Bonchev–Trinajstić information content (AvgIpc) is 2.38. The number of hydrogen-bond acceptors (Lipinski definition) is 4. The predicted molar refractivity (Wildman–Crippen MR) is 73.3 cm³/mol. The minimum atomic E-state index is -0.642. The van der Waals surface area contributed by atoms with Crippen LogP contribution in [0.2, 0.25) is 0 Å². The van der Waals surface area contributed by atoms with Crippen LogP contribution in [0.1, 0.15) is 24.0 Å². The van der Waals surface area contributed by atoms with Crippen LogP contribution in [0, 0.1) is 6.92 Å². The van der Waals surface area contributed by atoms with Gasteiger partial charge in [-0.3, -0.25) is 0 Å². The predicted octanol–water partition coefficient (Wildman–Crippen LogP) is 2.20. The van der Waals surface area contributed by atoms with Crippen molar-refractivity contribution in [2.24, 2.45) is 0 Å². The average molecular weight is 264 g/mol. The fraction of sp³-hybridized carbons (Fsp3) is 0.400. The molecule has 0 radical (unpaired) electrons. The molecule has 4 nitrogen and oxygen atoms in total. The van der Waals surface area contributed by atoms with Gasteiger partial charge in [0.15, 0.2) is 0 Å². The SMILES string of the molecule is COC(=O)/C=C/[C@@H](c1cc(C)ccc1OC)[C@H](C)O. The van der Waals surface area contributed by atoms with Gasteiger partial charge in [-0.1, -0.05) is 23.8 Å². The van der Waals surface area contributed by atoms with Gasteiger partial charge in [0.2, 0.25) is 0 Å². The third-order valence-electron chi connectivity index (χ3n) is 2.90. The van der Waals surface area contributed by atoms with Gasteiger partial charge in [-0.15, -0.1) is 0 Å². The van der Waals surface area contributed by atoms with E-state index in [2.05, 4.69) is 4.74 Å². The number of carbonyl (C=O) groups is 1. The van der Waals surface area contributed by atoms with Crippen molar-refractivity contribution in [1.29, 1.82) is 0 Å². The van der Waals surface area contributed by atoms with E-state index in [1.54, 1.807) is 20.1 Å². The number of aliphatic hydroxyl groups is 1. The summed E-state index contributed by atoms with van der Waals surface area (Å²) in [5.41, 5.74) is 1.91. The molecule has 0 bridgehead atoms. The maximum absolute atomic E-state index is 11.2. The number of methoxy groups -OCH3 is 2. The van der Waals surface area contributed by atoms with Crippen molar-refractivity contribution < 1.29 is 19.4 Å². The van der Waals surface area contributed by atoms with Crippen LogP contribution in [0.25, 0.3) is 0 Å². The first-order valence-electron chi connectivity index (χ1n) is 6.08. The molecule has 1 rings (SSSR count). The molecule has 4 heteroatoms. The molecule has 0 heterocycles. The highest BCUT2D eigenvalue weighted by Gasteiger charge is 2.19. The summed E-state index contributed by atoms with van der Waals surface area (Å²) < 4.78 is 9.86. The Morgan fingerprint density at radius 1 is 1.37 bits per heavy atom. The minimum Gasteiger partial charge on any atom is -0.496 e. The smallest absolute Gasteiger partial charge is 0.330 e. The highest BCUT2D eigenvalue weighted by molar-refractivity contribution is 5.82. The van der Waals surface area contributed by atoms with Gasteiger partial charge in [-0.2, -0.15) is 0 Å². The minimum absolute atomic E-state index is 0.325. The Labute approximate surface area is 113 Å². The normalized spacial score (nSPS) is 14.2. The summed E-state index contributed by atoms with van der Waals surface area (Å²) in [6, 6.07) is 5.73. The lowest BCUT2D eigenvalue weighted by Gasteiger charge is -2.19. The number of ether oxygens (including phenoxy) is 2. The van der Waals surface area contributed by atoms with E-state index in [1.807, 2.05) is 25.1 Å². The zero-order chi connectivity index (χ0) is 14.4. The molecule has 1 aromatic rings. The molecular formula is C15H20O4. The Bertz CT molecular complexity index is 463. The molecule has 0 aromatic heterocycles. The van der Waals surface area contributed by atoms with Gasteiger partial charge >= 0.3 is 5.97 Å². The number of esters is 1. The largest absolute Gasteiger partial charge is 0.496 e. The van der Waals surface area contributed by atoms with Crippen molar-refractivity contribution in [1.82, 2.24) is 0 Å². The first-order valence-corrected chi connectivity index (χ1v) is 6.08. The zero-order valence-electron chi connectivity index (χ0n) is 11.7. The van der Waals surface area contributed by atoms with Crippen LogP contribution in [-0.2, 0) is 9.53 Å². The van der Waals surface area contributed by atoms with Gasteiger partial charge in [-0.05, 0) is 19.9 Å². The van der Waals surface area contributed by atoms with Gasteiger partial charge in [0.05, 0.1) is 20.3 Å². The number of hydrogen-bond donors (Lipinski definition) is 1. The molecule has 19 heavy (non-hydrogen) atoms. The molecule has 1 aromatic carbocycles. The summed E-state index contributed by atoms with van der Waals surface area (Å²) in [5.74, 6) is -0.0859. The number of rotatable bonds is 5. The second-order valence-electron chi connectivity index (χ2n) is 4.39. The van der Waals surface area contributed by atoms with E-state index in [9.17, 15) is 9.90 Å². The molecule has 1 N–H and O–H groups in total. The Hall–Kier alpha value is -1.81. The maximum atomic E-state index is 11.2. The number of benzene rings is 1. The van der Waals surface area contributed by atoms with E-state index in [4.69, 9.17) is 4.74 Å². The fourth-order valence-corrected chi connectivity index (χ4v) is 1.89. The van der Waals surface area contributed by atoms with Crippen molar-refractivity contribution in [3.05, 3.63) is 41.5 Å². The van der Waals surface area contributed by atoms with Gasteiger partial charge in [-0.25, -0.2) is 4.79 Å². The second-order valence-corrected chi connectivity index (χ2v) is 4.39. The van der Waals surface area contributed by atoms with Crippen molar-refractivity contribution in [3.8, 4) is 5.75 Å². The van der Waals surface area contributed by atoms with Crippen LogP contribution in [0.5, 0.6) is 5.75 Å². The van der Waals surface area contributed by atoms with Gasteiger partial charge in [0.25, 0.3) is 0 Å². The highest BCUT2D eigenvalue weighted by atomic mass is 16.5. The van der Waals surface area contributed by atoms with E-state index in [1.165, 1.54) is 13.2 Å². The van der Waals surface area contributed by atoms with Crippen LogP contribution < -0.4 is 4.74 Å². The molecule has 2 atom stereocenters. The lowest BCUT2D eigenvalue weighted by molar-refractivity contribution is -0.134. The van der Waals surface area contributed by atoms with Crippen molar-refractivity contribution in [2.45, 2.75) is 25.9 Å². The monoisotopic (exact) mass is 264 g/mol. The molecule has 0 saturated carbocycles. The van der Waals surface area contributed by atoms with Crippen LogP contribution >= 0.6 is 0 Å². The Balaban J connectivity index is 3.15. The molecular weight excluding hydrogens is 244 g/mol. The zero-order valence-corrected chi connectivity index (χ0v) is 11.7. The first kappa shape index (κ1) is 15.2. The molecule has 0 spiro atoms. The van der Waals surface area contributed by atoms with E-state index in [-0.39, 0.29) is 5.92 Å². The Kier molecular flexibility index (Phi) is 5.57. The van der Waals surface area contributed by atoms with E-state index in [0.717, 1.165) is 11.1 Å².